The number of rotatable bonds is 4. The van der Waals surface area contributed by atoms with E-state index >= 15 is 0 Å². The minimum Gasteiger partial charge on any atom is -0.508 e. The molecule has 0 aliphatic carbocycles. The van der Waals surface area contributed by atoms with Crippen molar-refractivity contribution in [3.63, 3.8) is 0 Å². The average Bonchev–Trinajstić information content (AvgIpc) is 2.85. The molecule has 0 spiro atoms. The van der Waals surface area contributed by atoms with E-state index in [1.165, 1.54) is 18.5 Å². The van der Waals surface area contributed by atoms with Gasteiger partial charge in [0.25, 0.3) is 0 Å². The molecule has 0 saturated carbocycles. The maximum absolute atomic E-state index is 9.76. The second kappa shape index (κ2) is 5.05. The predicted molar refractivity (Wildman–Crippen MR) is 66.1 cm³/mol. The number of hydrogen-bond donors (Lipinski definition) is 4. The van der Waals surface area contributed by atoms with Crippen molar-refractivity contribution in [3.05, 3.63) is 35.9 Å². The third-order valence-electron chi connectivity index (χ3n) is 2.82. The molecule has 18 heavy (non-hydrogen) atoms. The Bertz CT molecular complexity index is 513. The molecule has 2 atom stereocenters. The van der Waals surface area contributed by atoms with Crippen LogP contribution < -0.4 is 5.32 Å². The van der Waals surface area contributed by atoms with Gasteiger partial charge in [-0.05, 0) is 32.0 Å². The number of aromatic nitrogens is 3. The molecule has 2 unspecified atom stereocenters. The van der Waals surface area contributed by atoms with Crippen LogP contribution in [0.3, 0.4) is 0 Å². The van der Waals surface area contributed by atoms with Crippen molar-refractivity contribution in [1.29, 1.82) is 0 Å². The Kier molecular flexibility index (Phi) is 3.47. The summed E-state index contributed by atoms with van der Waals surface area (Å²) in [5.74, 6) is 1.00. The quantitative estimate of drug-likeness (QED) is 0.617. The molecule has 1 aromatic carbocycles. The Morgan fingerprint density at radius 3 is 2.67 bits per heavy atom. The van der Waals surface area contributed by atoms with E-state index in [0.717, 1.165) is 5.82 Å². The van der Waals surface area contributed by atoms with Crippen LogP contribution in [0.2, 0.25) is 0 Å². The molecule has 1 heterocycles. The van der Waals surface area contributed by atoms with E-state index in [4.69, 9.17) is 0 Å². The summed E-state index contributed by atoms with van der Waals surface area (Å²) >= 11 is 0. The van der Waals surface area contributed by atoms with Gasteiger partial charge in [-0.3, -0.25) is 5.10 Å². The van der Waals surface area contributed by atoms with Crippen LogP contribution in [0.25, 0.3) is 0 Å². The van der Waals surface area contributed by atoms with Crippen LogP contribution in [-0.4, -0.2) is 25.4 Å². The summed E-state index contributed by atoms with van der Waals surface area (Å²) in [4.78, 5) is 4.06. The van der Waals surface area contributed by atoms with E-state index in [0.29, 0.717) is 5.56 Å². The highest BCUT2D eigenvalue weighted by atomic mass is 16.3. The first kappa shape index (κ1) is 12.4. The molecular weight excluding hydrogens is 232 g/mol. The van der Waals surface area contributed by atoms with Gasteiger partial charge in [0.2, 0.25) is 0 Å². The first-order valence-corrected chi connectivity index (χ1v) is 5.71. The highest BCUT2D eigenvalue weighted by Gasteiger charge is 2.16. The Morgan fingerprint density at radius 1 is 1.22 bits per heavy atom. The molecule has 0 saturated heterocycles. The molecule has 1 aromatic heterocycles. The highest BCUT2D eigenvalue weighted by Crippen LogP contribution is 2.28. The number of H-pyrrole nitrogens is 1. The number of nitrogens with one attached hydrogen (secondary N) is 2. The fourth-order valence-electron chi connectivity index (χ4n) is 1.86. The van der Waals surface area contributed by atoms with Crippen molar-refractivity contribution in [2.75, 3.05) is 0 Å². The number of aromatic amines is 1. The van der Waals surface area contributed by atoms with Gasteiger partial charge in [-0.25, -0.2) is 4.98 Å². The van der Waals surface area contributed by atoms with E-state index in [-0.39, 0.29) is 23.6 Å². The second-order valence-corrected chi connectivity index (χ2v) is 4.22. The zero-order chi connectivity index (χ0) is 13.1. The molecule has 0 aliphatic rings. The SMILES string of the molecule is CC(NC(C)c1cc(O)ccc1O)c1ncn[nH]1. The first-order valence-electron chi connectivity index (χ1n) is 5.71. The van der Waals surface area contributed by atoms with Crippen molar-refractivity contribution in [3.8, 4) is 11.5 Å². The molecule has 0 fully saturated rings. The third-order valence-corrected chi connectivity index (χ3v) is 2.82. The van der Waals surface area contributed by atoms with Crippen molar-refractivity contribution < 1.29 is 10.2 Å². The normalized spacial score (nSPS) is 14.3. The molecule has 0 amide bonds. The summed E-state index contributed by atoms with van der Waals surface area (Å²) < 4.78 is 0. The van der Waals surface area contributed by atoms with E-state index < -0.39 is 0 Å². The van der Waals surface area contributed by atoms with Crippen LogP contribution >= 0.6 is 0 Å². The Morgan fingerprint density at radius 2 is 2.00 bits per heavy atom. The van der Waals surface area contributed by atoms with Crippen LogP contribution in [-0.2, 0) is 0 Å². The number of phenolic OH excluding ortho intramolecular Hbond substituents is 2. The van der Waals surface area contributed by atoms with E-state index in [1.54, 1.807) is 6.07 Å². The molecule has 0 bridgehead atoms. The number of aromatic hydroxyl groups is 2. The highest BCUT2D eigenvalue weighted by molar-refractivity contribution is 5.40. The van der Waals surface area contributed by atoms with Crippen LogP contribution in [0.4, 0.5) is 0 Å². The molecular formula is C12H16N4O2. The zero-order valence-corrected chi connectivity index (χ0v) is 10.3. The van der Waals surface area contributed by atoms with Crippen LogP contribution in [0.5, 0.6) is 11.5 Å². The van der Waals surface area contributed by atoms with Gasteiger partial charge in [-0.1, -0.05) is 0 Å². The molecule has 96 valence electrons. The number of hydrogen-bond acceptors (Lipinski definition) is 5. The minimum atomic E-state index is -0.128. The molecule has 0 aliphatic heterocycles. The fourth-order valence-corrected chi connectivity index (χ4v) is 1.86. The lowest BCUT2D eigenvalue weighted by molar-refractivity contribution is 0.425. The van der Waals surface area contributed by atoms with Crippen LogP contribution in [0, 0.1) is 0 Å². The first-order chi connectivity index (χ1) is 8.58. The van der Waals surface area contributed by atoms with Crippen molar-refractivity contribution in [1.82, 2.24) is 20.5 Å². The monoisotopic (exact) mass is 248 g/mol. The summed E-state index contributed by atoms with van der Waals surface area (Å²) in [5.41, 5.74) is 0.640. The summed E-state index contributed by atoms with van der Waals surface area (Å²) in [6.07, 6.45) is 1.45. The topological polar surface area (TPSA) is 94.1 Å². The maximum atomic E-state index is 9.76. The number of phenols is 2. The smallest absolute Gasteiger partial charge is 0.141 e. The zero-order valence-electron chi connectivity index (χ0n) is 10.3. The Hall–Kier alpha value is -2.08. The van der Waals surface area contributed by atoms with Gasteiger partial charge in [0, 0.05) is 11.6 Å². The number of benzene rings is 1. The molecule has 6 nitrogen and oxygen atoms in total. The fraction of sp³-hybridized carbons (Fsp3) is 0.333. The van der Waals surface area contributed by atoms with Gasteiger partial charge in [-0.2, -0.15) is 5.10 Å². The molecule has 6 heteroatoms. The molecule has 2 aromatic rings. The molecule has 4 N–H and O–H groups in total. The largest absolute Gasteiger partial charge is 0.508 e. The summed E-state index contributed by atoms with van der Waals surface area (Å²) in [6.45, 7) is 3.85. The van der Waals surface area contributed by atoms with Gasteiger partial charge in [0.15, 0.2) is 0 Å². The van der Waals surface area contributed by atoms with Gasteiger partial charge >= 0.3 is 0 Å². The standard InChI is InChI=1S/C12H16N4O2/c1-7(10-5-9(17)3-4-11(10)18)15-8(2)12-13-6-14-16-12/h3-8,15,17-18H,1-2H3,(H,13,14,16). The van der Waals surface area contributed by atoms with Gasteiger partial charge in [0.05, 0.1) is 6.04 Å². The average molecular weight is 248 g/mol. The lowest BCUT2D eigenvalue weighted by Crippen LogP contribution is -2.23. The lowest BCUT2D eigenvalue weighted by atomic mass is 10.1. The third kappa shape index (κ3) is 2.60. The Balaban J connectivity index is 2.12. The van der Waals surface area contributed by atoms with Crippen molar-refractivity contribution in [2.24, 2.45) is 0 Å². The van der Waals surface area contributed by atoms with Crippen LogP contribution in [0.15, 0.2) is 24.5 Å². The number of nitrogens with zero attached hydrogens (tertiary/aromatic N) is 2. The minimum absolute atomic E-state index is 0.0377. The van der Waals surface area contributed by atoms with Crippen molar-refractivity contribution >= 4 is 0 Å². The summed E-state index contributed by atoms with van der Waals surface area (Å²) in [6, 6.07) is 4.30. The summed E-state index contributed by atoms with van der Waals surface area (Å²) in [5, 5.41) is 29.0. The van der Waals surface area contributed by atoms with Gasteiger partial charge < -0.3 is 15.5 Å². The van der Waals surface area contributed by atoms with E-state index in [1.807, 2.05) is 13.8 Å². The lowest BCUT2D eigenvalue weighted by Gasteiger charge is -2.19. The molecule has 2 rings (SSSR count). The predicted octanol–water partition coefficient (Wildman–Crippen LogP) is 1.63. The van der Waals surface area contributed by atoms with Gasteiger partial charge in [-0.15, -0.1) is 0 Å². The Labute approximate surface area is 105 Å². The van der Waals surface area contributed by atoms with Crippen molar-refractivity contribution in [2.45, 2.75) is 25.9 Å². The van der Waals surface area contributed by atoms with Gasteiger partial charge in [0.1, 0.15) is 23.7 Å². The summed E-state index contributed by atoms with van der Waals surface area (Å²) in [7, 11) is 0. The second-order valence-electron chi connectivity index (χ2n) is 4.22. The maximum Gasteiger partial charge on any atom is 0.141 e. The van der Waals surface area contributed by atoms with E-state index in [2.05, 4.69) is 20.5 Å². The molecule has 0 radical (unpaired) electrons. The van der Waals surface area contributed by atoms with E-state index in [9.17, 15) is 10.2 Å². The van der Waals surface area contributed by atoms with Crippen LogP contribution in [0.1, 0.15) is 37.3 Å².